The highest BCUT2D eigenvalue weighted by molar-refractivity contribution is 8.26. The number of methoxy groups -OCH3 is 2. The minimum atomic E-state index is -0.360. The number of rotatable bonds is 7. The zero-order valence-electron chi connectivity index (χ0n) is 21.2. The van der Waals surface area contributed by atoms with Crippen LogP contribution in [0.5, 0.6) is 11.5 Å². The second kappa shape index (κ2) is 11.4. The summed E-state index contributed by atoms with van der Waals surface area (Å²) < 4.78 is 18.1. The Kier molecular flexibility index (Phi) is 8.22. The Hall–Kier alpha value is -3.33. The van der Waals surface area contributed by atoms with Gasteiger partial charge >= 0.3 is 0 Å². The second-order valence-electron chi connectivity index (χ2n) is 8.59. The molecule has 2 aliphatic heterocycles. The van der Waals surface area contributed by atoms with Crippen LogP contribution in [0.3, 0.4) is 0 Å². The van der Waals surface area contributed by atoms with Crippen molar-refractivity contribution in [1.29, 1.82) is 5.26 Å². The number of benzene rings is 1. The van der Waals surface area contributed by atoms with Crippen molar-refractivity contribution in [2.24, 2.45) is 7.05 Å². The molecule has 2 aromatic rings. The van der Waals surface area contributed by atoms with Gasteiger partial charge in [-0.15, -0.1) is 0 Å². The fourth-order valence-corrected chi connectivity index (χ4v) is 5.76. The highest BCUT2D eigenvalue weighted by atomic mass is 32.2. The first-order valence-corrected chi connectivity index (χ1v) is 13.0. The van der Waals surface area contributed by atoms with Gasteiger partial charge in [-0.2, -0.15) is 5.26 Å². The minimum Gasteiger partial charge on any atom is -0.493 e. The molecule has 0 atom stereocenters. The van der Waals surface area contributed by atoms with Crippen LogP contribution in [0, 0.1) is 18.3 Å². The van der Waals surface area contributed by atoms with Crippen molar-refractivity contribution in [3.05, 3.63) is 55.7 Å². The number of thiocarbonyl (C=S) groups is 1. The molecular formula is C26H28N4O5S2. The summed E-state index contributed by atoms with van der Waals surface area (Å²) in [6.45, 7) is 4.42. The number of hydrogen-bond acceptors (Lipinski definition) is 9. The molecule has 0 bridgehead atoms. The van der Waals surface area contributed by atoms with Crippen molar-refractivity contribution < 1.29 is 19.0 Å². The molecule has 2 fully saturated rings. The van der Waals surface area contributed by atoms with Crippen LogP contribution in [0.15, 0.2) is 27.9 Å². The number of ether oxygens (including phenoxy) is 3. The Morgan fingerprint density at radius 3 is 2.54 bits per heavy atom. The zero-order chi connectivity index (χ0) is 26.7. The molecule has 0 saturated carbocycles. The summed E-state index contributed by atoms with van der Waals surface area (Å²) in [5.41, 5.74) is 1.90. The summed E-state index contributed by atoms with van der Waals surface area (Å²) in [5.74, 6) is 1.73. The van der Waals surface area contributed by atoms with Crippen LogP contribution < -0.4 is 19.9 Å². The lowest BCUT2D eigenvalue weighted by molar-refractivity contribution is -0.122. The predicted molar refractivity (Wildman–Crippen MR) is 147 cm³/mol. The smallest absolute Gasteiger partial charge is 0.270 e. The van der Waals surface area contributed by atoms with Crippen molar-refractivity contribution in [2.75, 3.05) is 52.0 Å². The molecule has 0 aliphatic carbocycles. The number of thioether (sulfide) groups is 1. The summed E-state index contributed by atoms with van der Waals surface area (Å²) in [6, 6.07) is 7.68. The molecule has 37 heavy (non-hydrogen) atoms. The molecule has 0 N–H and O–H groups in total. The Morgan fingerprint density at radius 1 is 1.19 bits per heavy atom. The quantitative estimate of drug-likeness (QED) is 0.388. The van der Waals surface area contributed by atoms with E-state index in [0.29, 0.717) is 76.9 Å². The van der Waals surface area contributed by atoms with Gasteiger partial charge in [0, 0.05) is 32.2 Å². The summed E-state index contributed by atoms with van der Waals surface area (Å²) >= 11 is 6.77. The van der Waals surface area contributed by atoms with Crippen LogP contribution in [0.4, 0.5) is 5.82 Å². The van der Waals surface area contributed by atoms with Gasteiger partial charge in [0.05, 0.1) is 32.3 Å². The second-order valence-corrected chi connectivity index (χ2v) is 10.3. The van der Waals surface area contributed by atoms with E-state index in [9.17, 15) is 14.9 Å². The van der Waals surface area contributed by atoms with Crippen LogP contribution in [0.25, 0.3) is 6.08 Å². The third-order valence-electron chi connectivity index (χ3n) is 6.50. The molecule has 2 saturated heterocycles. The van der Waals surface area contributed by atoms with E-state index in [1.807, 2.05) is 24.3 Å². The van der Waals surface area contributed by atoms with Crippen LogP contribution in [0.1, 0.15) is 22.3 Å². The van der Waals surface area contributed by atoms with E-state index in [1.165, 1.54) is 16.3 Å². The van der Waals surface area contributed by atoms with Crippen molar-refractivity contribution in [1.82, 2.24) is 9.47 Å². The van der Waals surface area contributed by atoms with Crippen molar-refractivity contribution in [3.8, 4) is 17.6 Å². The lowest BCUT2D eigenvalue weighted by Gasteiger charge is -2.32. The highest BCUT2D eigenvalue weighted by Gasteiger charge is 2.33. The molecule has 1 amide bonds. The molecule has 2 aliphatic rings. The predicted octanol–water partition coefficient (Wildman–Crippen LogP) is 2.86. The van der Waals surface area contributed by atoms with Crippen LogP contribution in [0.2, 0.25) is 0 Å². The molecule has 0 unspecified atom stereocenters. The third-order valence-corrected chi connectivity index (χ3v) is 7.88. The van der Waals surface area contributed by atoms with Gasteiger partial charge in [-0.05, 0) is 42.7 Å². The SMILES string of the molecule is COc1ccc(CCN2C(=O)/C(=C\c3c(C)c(C#N)c(=O)n(C)c3N3CCOCC3)SC2=S)cc1OC. The number of pyridine rings is 1. The van der Waals surface area contributed by atoms with Gasteiger partial charge in [0.2, 0.25) is 0 Å². The molecule has 1 aromatic carbocycles. The largest absolute Gasteiger partial charge is 0.493 e. The number of nitrogens with zero attached hydrogens (tertiary/aromatic N) is 4. The lowest BCUT2D eigenvalue weighted by Crippen LogP contribution is -2.40. The number of nitriles is 1. The first-order chi connectivity index (χ1) is 17.8. The first-order valence-electron chi connectivity index (χ1n) is 11.7. The van der Waals surface area contributed by atoms with Crippen molar-refractivity contribution in [3.63, 3.8) is 0 Å². The number of amides is 1. The number of carbonyl (C=O) groups excluding carboxylic acids is 1. The highest BCUT2D eigenvalue weighted by Crippen LogP contribution is 2.36. The summed E-state index contributed by atoms with van der Waals surface area (Å²) in [4.78, 5) is 30.4. The summed E-state index contributed by atoms with van der Waals surface area (Å²) in [6.07, 6.45) is 2.34. The molecule has 0 spiro atoms. The van der Waals surface area contributed by atoms with E-state index in [-0.39, 0.29) is 17.0 Å². The van der Waals surface area contributed by atoms with E-state index in [2.05, 4.69) is 4.90 Å². The van der Waals surface area contributed by atoms with Crippen LogP contribution in [-0.2, 0) is 23.0 Å². The van der Waals surface area contributed by atoms with Gasteiger partial charge in [0.15, 0.2) is 11.5 Å². The van der Waals surface area contributed by atoms with Gasteiger partial charge in [-0.25, -0.2) is 0 Å². The normalized spacial score (nSPS) is 16.9. The van der Waals surface area contributed by atoms with Gasteiger partial charge in [-0.3, -0.25) is 19.1 Å². The molecule has 4 rings (SSSR count). The molecule has 194 valence electrons. The van der Waals surface area contributed by atoms with Gasteiger partial charge in [0.25, 0.3) is 11.5 Å². The molecule has 1 aromatic heterocycles. The van der Waals surface area contributed by atoms with Crippen molar-refractivity contribution >= 4 is 46.1 Å². The lowest BCUT2D eigenvalue weighted by atomic mass is 10.0. The number of aromatic nitrogens is 1. The van der Waals surface area contributed by atoms with Crippen LogP contribution in [-0.4, -0.2) is 66.8 Å². The molecule has 11 heteroatoms. The number of anilines is 1. The fourth-order valence-electron chi connectivity index (χ4n) is 4.47. The maximum absolute atomic E-state index is 13.4. The number of morpholine rings is 1. The maximum Gasteiger partial charge on any atom is 0.270 e. The van der Waals surface area contributed by atoms with Gasteiger partial charge in [0.1, 0.15) is 21.8 Å². The average Bonchev–Trinajstić information content (AvgIpc) is 3.18. The molecule has 9 nitrogen and oxygen atoms in total. The fraction of sp³-hybridized carbons (Fsp3) is 0.385. The Bertz CT molecular complexity index is 1370. The Balaban J connectivity index is 1.65. The number of hydrogen-bond donors (Lipinski definition) is 0. The van der Waals surface area contributed by atoms with Crippen molar-refractivity contribution in [2.45, 2.75) is 13.3 Å². The number of carbonyl (C=O) groups is 1. The topological polar surface area (TPSA) is 97.0 Å². The molecule has 3 heterocycles. The zero-order valence-corrected chi connectivity index (χ0v) is 22.8. The summed E-state index contributed by atoms with van der Waals surface area (Å²) in [5, 5.41) is 9.66. The van der Waals surface area contributed by atoms with E-state index in [1.54, 1.807) is 39.2 Å². The Labute approximate surface area is 225 Å². The van der Waals surface area contributed by atoms with Gasteiger partial charge < -0.3 is 19.1 Å². The molecule has 0 radical (unpaired) electrons. The maximum atomic E-state index is 13.4. The molecular weight excluding hydrogens is 512 g/mol. The van der Waals surface area contributed by atoms with E-state index in [0.717, 1.165) is 5.56 Å². The van der Waals surface area contributed by atoms with E-state index >= 15 is 0 Å². The third kappa shape index (κ3) is 5.23. The Morgan fingerprint density at radius 2 is 1.89 bits per heavy atom. The van der Waals surface area contributed by atoms with E-state index < -0.39 is 0 Å². The van der Waals surface area contributed by atoms with Crippen LogP contribution >= 0.6 is 24.0 Å². The van der Waals surface area contributed by atoms with Gasteiger partial charge in [-0.1, -0.05) is 30.0 Å². The first kappa shape index (κ1) is 26.7. The monoisotopic (exact) mass is 540 g/mol. The summed E-state index contributed by atoms with van der Waals surface area (Å²) in [7, 11) is 4.82. The van der Waals surface area contributed by atoms with E-state index in [4.69, 9.17) is 26.4 Å². The standard InChI is InChI=1S/C26H28N4O5S2/c1-16-18(23(29-9-11-35-12-10-29)28(2)24(31)19(16)15-27)14-22-25(32)30(26(36)37-22)8-7-17-5-6-20(33-3)21(13-17)34-4/h5-6,13-14H,7-12H2,1-4H3/b22-14+. The minimum absolute atomic E-state index is 0.0645. The average molecular weight is 541 g/mol.